The van der Waals surface area contributed by atoms with Crippen molar-refractivity contribution in [3.8, 4) is 0 Å². The number of carbonyl (C=O) groups is 14. The summed E-state index contributed by atoms with van der Waals surface area (Å²) in [5.41, 5.74) is 36.0. The average Bonchev–Trinajstić information content (AvgIpc) is 1.79. The van der Waals surface area contributed by atoms with Crippen LogP contribution in [0.25, 0.3) is 0 Å². The fourth-order valence-corrected chi connectivity index (χ4v) is 12.8. The van der Waals surface area contributed by atoms with E-state index < -0.39 is 192 Å². The summed E-state index contributed by atoms with van der Waals surface area (Å²) < 4.78 is 0. The van der Waals surface area contributed by atoms with Crippen molar-refractivity contribution >= 4 is 88.7 Å². The lowest BCUT2D eigenvalue weighted by Crippen LogP contribution is -2.63. The van der Waals surface area contributed by atoms with Crippen molar-refractivity contribution in [3.63, 3.8) is 0 Å². The van der Waals surface area contributed by atoms with Gasteiger partial charge < -0.3 is 113 Å². The van der Waals surface area contributed by atoms with Gasteiger partial charge in [0.05, 0.1) is 31.0 Å². The number of rotatable bonds is 45. The van der Waals surface area contributed by atoms with Crippen LogP contribution in [0.3, 0.4) is 0 Å². The van der Waals surface area contributed by atoms with Gasteiger partial charge in [0, 0.05) is 50.8 Å². The highest BCUT2D eigenvalue weighted by atomic mass is 16.3. The summed E-state index contributed by atoms with van der Waals surface area (Å²) in [5, 5.41) is 48.3. The van der Waals surface area contributed by atoms with Gasteiger partial charge in [0.15, 0.2) is 5.96 Å². The Bertz CT molecular complexity index is 3660. The first-order valence-electron chi connectivity index (χ1n) is 37.7. The number of hydrogen-bond donors (Lipinski definition) is 19. The molecule has 111 heavy (non-hydrogen) atoms. The van der Waals surface area contributed by atoms with Crippen molar-refractivity contribution in [1.82, 2.24) is 72.9 Å². The van der Waals surface area contributed by atoms with Crippen LogP contribution in [0.5, 0.6) is 0 Å². The molecule has 0 bridgehead atoms. The topological polar surface area (TPSA) is 603 Å². The number of aliphatic imine (C=N–C) groups is 1. The number of aromatic nitrogens is 2. The molecule has 2 aliphatic rings. The molecule has 0 aliphatic carbocycles. The van der Waals surface area contributed by atoms with Crippen molar-refractivity contribution < 1.29 is 77.3 Å². The summed E-state index contributed by atoms with van der Waals surface area (Å²) in [6.45, 7) is 12.6. The van der Waals surface area contributed by atoms with Gasteiger partial charge in [-0.2, -0.15) is 0 Å². The minimum Gasteiger partial charge on any atom is -0.391 e. The van der Waals surface area contributed by atoms with Crippen LogP contribution in [0.15, 0.2) is 78.2 Å². The number of imidazole rings is 1. The third-order valence-electron chi connectivity index (χ3n) is 19.5. The zero-order chi connectivity index (χ0) is 82.3. The number of hydrogen-bond acceptors (Lipinski definition) is 20. The molecule has 3 aromatic rings. The number of aliphatic hydroxyl groups excluding tert-OH is 2. The molecule has 2 fully saturated rings. The van der Waals surface area contributed by atoms with Gasteiger partial charge in [-0.3, -0.25) is 72.1 Å². The van der Waals surface area contributed by atoms with E-state index in [1.54, 1.807) is 102 Å². The first kappa shape index (κ1) is 91.0. The molecule has 25 N–H and O–H groups in total. The van der Waals surface area contributed by atoms with Crippen LogP contribution in [0.4, 0.5) is 0 Å². The molecular weight excluding hydrogens is 1440 g/mol. The average molecular weight is 1550 g/mol. The van der Waals surface area contributed by atoms with E-state index in [-0.39, 0.29) is 109 Å². The highest BCUT2D eigenvalue weighted by Crippen LogP contribution is 2.23. The van der Waals surface area contributed by atoms with Gasteiger partial charge in [0.2, 0.25) is 82.7 Å². The predicted molar refractivity (Wildman–Crippen MR) is 408 cm³/mol. The molecule has 0 unspecified atom stereocenters. The maximum Gasteiger partial charge on any atom is 0.248 e. The molecule has 612 valence electrons. The van der Waals surface area contributed by atoms with Crippen LogP contribution in [0.2, 0.25) is 0 Å². The van der Waals surface area contributed by atoms with E-state index >= 15 is 0 Å². The number of amides is 14. The minimum atomic E-state index is -1.80. The summed E-state index contributed by atoms with van der Waals surface area (Å²) in [6, 6.07) is -1.16. The molecule has 5 rings (SSSR count). The summed E-state index contributed by atoms with van der Waals surface area (Å²) in [7, 11) is 0. The van der Waals surface area contributed by atoms with Crippen LogP contribution >= 0.6 is 0 Å². The first-order valence-corrected chi connectivity index (χ1v) is 37.7. The third-order valence-corrected chi connectivity index (χ3v) is 19.5. The number of guanidine groups is 1. The Labute approximate surface area is 645 Å². The molecule has 14 amide bonds. The molecule has 37 heteroatoms. The fraction of sp³-hybridized carbons (Fsp3) is 0.595. The Kier molecular flexibility index (Phi) is 36.8. The second-order valence-electron chi connectivity index (χ2n) is 29.0. The van der Waals surface area contributed by atoms with Crippen molar-refractivity contribution in [2.75, 3.05) is 26.2 Å². The quantitative estimate of drug-likeness (QED) is 0.0144. The predicted octanol–water partition coefficient (Wildman–Crippen LogP) is -4.74. The summed E-state index contributed by atoms with van der Waals surface area (Å²) in [4.78, 5) is 211. The van der Waals surface area contributed by atoms with E-state index in [4.69, 9.17) is 34.4 Å². The van der Waals surface area contributed by atoms with Gasteiger partial charge in [-0.15, -0.1) is 0 Å². The van der Waals surface area contributed by atoms with E-state index in [2.05, 4.69) is 68.1 Å². The third kappa shape index (κ3) is 28.3. The monoisotopic (exact) mass is 1550 g/mol. The van der Waals surface area contributed by atoms with Gasteiger partial charge in [0.1, 0.15) is 72.5 Å². The number of aromatic amines is 1. The number of nitrogens with two attached hydrogens (primary N) is 6. The van der Waals surface area contributed by atoms with Crippen LogP contribution in [-0.2, 0) is 86.4 Å². The number of carbonyl (C=O) groups excluding carboxylic acids is 14. The fourth-order valence-electron chi connectivity index (χ4n) is 12.8. The molecule has 2 saturated heterocycles. The summed E-state index contributed by atoms with van der Waals surface area (Å²) >= 11 is 0. The van der Waals surface area contributed by atoms with Gasteiger partial charge in [0.25, 0.3) is 0 Å². The molecule has 16 atom stereocenters. The number of likely N-dealkylation sites (tertiary alicyclic amines) is 2. The number of unbranched alkanes of at least 4 members (excludes halogenated alkanes) is 1. The standard InChI is InChI=1S/C74H115N21O16/c1-9-41(6)58(71(109)90-57(40(4)5)70(108)93-60(43(8)97)73(111)95-32-20-28-54(95)68(106)85-48(26-18-30-82-74(79)80)63(101)92-59(42(7)96)72(110)94-31-19-27-53(94)61(78)99)91-67(105)52(36-55(76)98)88-62(100)47(25-16-17-29-75)84-64(102)49(33-44-21-12-10-13-22-44)86-65(103)50(34-45-23-14-11-15-24-45)87-66(104)51(35-46-37-81-38-83-46)89-69(107)56(77)39(2)3/h10-15,21-24,37-43,47-54,56-60,96-97H,9,16-20,25-36,75,77H2,1-8H3,(H2,76,98)(H2,78,99)(H,81,83)(H,84,102)(H,85,106)(H,86,103)(H,87,104)(H,88,100)(H,89,107)(H,90,109)(H,91,105)(H,92,101)(H,93,108)(H4,79,80,82)/t41-,42+,43+,47-,48-,49-,50-,51-,52-,53-,54-,56-,57-,58-,59-,60-/m0/s1. The van der Waals surface area contributed by atoms with E-state index in [0.29, 0.717) is 29.7 Å². The number of benzene rings is 2. The maximum absolute atomic E-state index is 14.9. The lowest BCUT2D eigenvalue weighted by molar-refractivity contribution is -0.145. The van der Waals surface area contributed by atoms with Gasteiger partial charge in [-0.1, -0.05) is 109 Å². The van der Waals surface area contributed by atoms with E-state index in [1.165, 1.54) is 31.3 Å². The van der Waals surface area contributed by atoms with Crippen LogP contribution in [0.1, 0.15) is 143 Å². The smallest absolute Gasteiger partial charge is 0.248 e. The van der Waals surface area contributed by atoms with Crippen LogP contribution < -0.4 is 87.6 Å². The summed E-state index contributed by atoms with van der Waals surface area (Å²) in [6.07, 6.45) is 0.312. The number of nitrogens with zero attached hydrogens (tertiary/aromatic N) is 4. The highest BCUT2D eigenvalue weighted by molar-refractivity contribution is 6.01. The largest absolute Gasteiger partial charge is 0.391 e. The van der Waals surface area contributed by atoms with Gasteiger partial charge in [-0.25, -0.2) is 4.98 Å². The Hall–Kier alpha value is -10.7. The Morgan fingerprint density at radius 1 is 0.514 bits per heavy atom. The van der Waals surface area contributed by atoms with E-state index in [9.17, 15) is 77.3 Å². The van der Waals surface area contributed by atoms with E-state index in [0.717, 1.165) is 4.90 Å². The highest BCUT2D eigenvalue weighted by Gasteiger charge is 2.44. The molecule has 2 aromatic carbocycles. The minimum absolute atomic E-state index is 0.00934. The van der Waals surface area contributed by atoms with E-state index in [1.807, 2.05) is 0 Å². The molecule has 2 aliphatic heterocycles. The second-order valence-corrected chi connectivity index (χ2v) is 29.0. The zero-order valence-electron chi connectivity index (χ0n) is 64.4. The number of nitrogens with one attached hydrogen (secondary N) is 11. The molecular formula is C74H115N21O16. The molecule has 0 spiro atoms. The normalized spacial score (nSPS) is 17.9. The molecule has 3 heterocycles. The van der Waals surface area contributed by atoms with Crippen molar-refractivity contribution in [3.05, 3.63) is 90.0 Å². The summed E-state index contributed by atoms with van der Waals surface area (Å²) in [5.74, 6) is -14.4. The number of H-pyrrole nitrogens is 1. The number of primary amides is 2. The molecule has 0 saturated carbocycles. The molecule has 37 nitrogen and oxygen atoms in total. The number of aliphatic hydroxyl groups is 2. The zero-order valence-corrected chi connectivity index (χ0v) is 64.4. The lowest BCUT2D eigenvalue weighted by atomic mass is 9.95. The Morgan fingerprint density at radius 2 is 0.946 bits per heavy atom. The SMILES string of the molecule is CC[C@H](C)[C@H](NC(=O)[C@H](CC(N)=O)NC(=O)[C@H](CCCCN)NC(=O)[C@H](Cc1ccccc1)NC(=O)[C@H](Cc1ccccc1)NC(=O)[C@H](Cc1cnc[nH]1)NC(=O)[C@@H](N)C(C)C)C(=O)N[C@H](C(=O)N[C@H](C(=O)N1CCC[C@H]1C(=O)N[C@@H](CCCN=C(N)N)C(=O)N[C@H](C(=O)N1CCC[C@H]1C(N)=O)[C@@H](C)O)[C@@H](C)O)C(C)C. The maximum atomic E-state index is 14.9. The van der Waals surface area contributed by atoms with Crippen LogP contribution in [-0.4, -0.2) is 236 Å². The van der Waals surface area contributed by atoms with Gasteiger partial charge >= 0.3 is 0 Å². The molecule has 1 aromatic heterocycles. The van der Waals surface area contributed by atoms with Crippen molar-refractivity contribution in [2.45, 2.75) is 236 Å². The van der Waals surface area contributed by atoms with Crippen LogP contribution in [0, 0.1) is 17.8 Å². The van der Waals surface area contributed by atoms with Crippen molar-refractivity contribution in [2.24, 2.45) is 57.1 Å². The van der Waals surface area contributed by atoms with Gasteiger partial charge in [-0.05, 0) is 107 Å². The Morgan fingerprint density at radius 3 is 1.42 bits per heavy atom. The lowest BCUT2D eigenvalue weighted by Gasteiger charge is -2.33. The molecule has 0 radical (unpaired) electrons. The second kappa shape index (κ2) is 44.9. The Balaban J connectivity index is 1.35. The first-order chi connectivity index (χ1) is 52.6. The van der Waals surface area contributed by atoms with Crippen molar-refractivity contribution in [1.29, 1.82) is 0 Å².